The average molecular weight is 323 g/mol. The van der Waals surface area contributed by atoms with Gasteiger partial charge in [0, 0.05) is 18.5 Å². The second-order valence-electron chi connectivity index (χ2n) is 6.92. The standard InChI is InChI=1S/C18H26N2O.ClH/c1-12(16-10-13-7-8-15(16)9-13)20-18(21)11-17(19)14-5-3-2-4-6-14;/h2-6,12-13,15-17H,7-11,19H2,1H3,(H,20,21);1H. The summed E-state index contributed by atoms with van der Waals surface area (Å²) in [5.74, 6) is 2.53. The van der Waals surface area contributed by atoms with E-state index in [0.29, 0.717) is 12.3 Å². The largest absolute Gasteiger partial charge is 0.353 e. The number of fused-ring (bicyclic) bond motifs is 2. The Balaban J connectivity index is 0.00000176. The van der Waals surface area contributed by atoms with Gasteiger partial charge in [0.25, 0.3) is 0 Å². The van der Waals surface area contributed by atoms with Crippen molar-refractivity contribution in [3.05, 3.63) is 35.9 Å². The number of hydrogen-bond donors (Lipinski definition) is 2. The maximum absolute atomic E-state index is 12.2. The number of rotatable bonds is 5. The molecule has 3 N–H and O–H groups in total. The third-order valence-electron chi connectivity index (χ3n) is 5.46. The van der Waals surface area contributed by atoms with Crippen LogP contribution in [0.25, 0.3) is 0 Å². The van der Waals surface area contributed by atoms with Gasteiger partial charge in [-0.25, -0.2) is 0 Å². The van der Waals surface area contributed by atoms with E-state index >= 15 is 0 Å². The molecule has 1 amide bonds. The van der Waals surface area contributed by atoms with Crippen molar-refractivity contribution in [1.82, 2.24) is 5.32 Å². The summed E-state index contributed by atoms with van der Waals surface area (Å²) in [6.45, 7) is 2.16. The molecule has 0 radical (unpaired) electrons. The molecule has 2 saturated carbocycles. The summed E-state index contributed by atoms with van der Waals surface area (Å²) in [7, 11) is 0. The molecule has 122 valence electrons. The Bertz CT molecular complexity index is 493. The zero-order valence-electron chi connectivity index (χ0n) is 13.2. The van der Waals surface area contributed by atoms with Crippen molar-refractivity contribution in [3.8, 4) is 0 Å². The van der Waals surface area contributed by atoms with Crippen LogP contribution in [0.2, 0.25) is 0 Å². The zero-order chi connectivity index (χ0) is 14.8. The molecule has 2 aliphatic carbocycles. The van der Waals surface area contributed by atoms with E-state index in [-0.39, 0.29) is 30.4 Å². The molecule has 1 aromatic rings. The Morgan fingerprint density at radius 3 is 2.59 bits per heavy atom. The van der Waals surface area contributed by atoms with Crippen molar-refractivity contribution in [1.29, 1.82) is 0 Å². The SMILES string of the molecule is CC(NC(=O)CC(N)c1ccccc1)C1CC2CCC1C2.Cl. The van der Waals surface area contributed by atoms with Crippen LogP contribution in [-0.4, -0.2) is 11.9 Å². The Morgan fingerprint density at radius 2 is 2.00 bits per heavy atom. The van der Waals surface area contributed by atoms with Crippen LogP contribution in [0.15, 0.2) is 30.3 Å². The highest BCUT2D eigenvalue weighted by atomic mass is 35.5. The summed E-state index contributed by atoms with van der Waals surface area (Å²) in [6, 6.07) is 9.94. The highest BCUT2D eigenvalue weighted by molar-refractivity contribution is 5.85. The van der Waals surface area contributed by atoms with Crippen molar-refractivity contribution in [2.24, 2.45) is 23.5 Å². The summed E-state index contributed by atoms with van der Waals surface area (Å²) in [5.41, 5.74) is 7.15. The van der Waals surface area contributed by atoms with Gasteiger partial charge < -0.3 is 11.1 Å². The Hall–Kier alpha value is -1.06. The predicted octanol–water partition coefficient (Wildman–Crippen LogP) is 3.44. The van der Waals surface area contributed by atoms with Gasteiger partial charge in [-0.2, -0.15) is 0 Å². The molecule has 0 heterocycles. The van der Waals surface area contributed by atoms with Crippen LogP contribution < -0.4 is 11.1 Å². The molecule has 5 atom stereocenters. The smallest absolute Gasteiger partial charge is 0.222 e. The maximum atomic E-state index is 12.2. The Kier molecular flexibility index (Phi) is 5.87. The molecule has 4 heteroatoms. The molecule has 2 bridgehead atoms. The second kappa shape index (κ2) is 7.47. The Labute approximate surface area is 139 Å². The maximum Gasteiger partial charge on any atom is 0.222 e. The molecule has 1 aromatic carbocycles. The fraction of sp³-hybridized carbons (Fsp3) is 0.611. The first-order valence-corrected chi connectivity index (χ1v) is 8.23. The number of nitrogens with two attached hydrogens (primary N) is 1. The molecule has 0 spiro atoms. The number of carbonyl (C=O) groups excluding carboxylic acids is 1. The fourth-order valence-electron chi connectivity index (χ4n) is 4.34. The van der Waals surface area contributed by atoms with E-state index in [0.717, 1.165) is 17.4 Å². The first kappa shape index (κ1) is 17.3. The minimum absolute atomic E-state index is 0. The normalized spacial score (nSPS) is 28.7. The molecule has 0 aliphatic heterocycles. The fourth-order valence-corrected chi connectivity index (χ4v) is 4.34. The number of amides is 1. The van der Waals surface area contributed by atoms with Gasteiger partial charge in [-0.05, 0) is 49.5 Å². The van der Waals surface area contributed by atoms with Crippen LogP contribution in [0.4, 0.5) is 0 Å². The summed E-state index contributed by atoms with van der Waals surface area (Å²) >= 11 is 0. The van der Waals surface area contributed by atoms with Gasteiger partial charge in [0.05, 0.1) is 0 Å². The van der Waals surface area contributed by atoms with Crippen LogP contribution in [-0.2, 0) is 4.79 Å². The van der Waals surface area contributed by atoms with Crippen LogP contribution in [0.3, 0.4) is 0 Å². The van der Waals surface area contributed by atoms with Gasteiger partial charge in [-0.15, -0.1) is 12.4 Å². The van der Waals surface area contributed by atoms with Crippen LogP contribution >= 0.6 is 12.4 Å². The number of benzene rings is 1. The van der Waals surface area contributed by atoms with Crippen LogP contribution in [0.5, 0.6) is 0 Å². The van der Waals surface area contributed by atoms with E-state index in [1.54, 1.807) is 0 Å². The van der Waals surface area contributed by atoms with Crippen molar-refractivity contribution in [3.63, 3.8) is 0 Å². The summed E-state index contributed by atoms with van der Waals surface area (Å²) in [4.78, 5) is 12.2. The van der Waals surface area contributed by atoms with Gasteiger partial charge in [0.1, 0.15) is 0 Å². The van der Waals surface area contributed by atoms with E-state index in [9.17, 15) is 4.79 Å². The van der Waals surface area contributed by atoms with E-state index < -0.39 is 0 Å². The van der Waals surface area contributed by atoms with Crippen molar-refractivity contribution in [2.45, 2.75) is 51.1 Å². The van der Waals surface area contributed by atoms with Crippen molar-refractivity contribution < 1.29 is 4.79 Å². The predicted molar refractivity (Wildman–Crippen MR) is 91.8 cm³/mol. The minimum Gasteiger partial charge on any atom is -0.353 e. The third-order valence-corrected chi connectivity index (χ3v) is 5.46. The van der Waals surface area contributed by atoms with E-state index in [1.807, 2.05) is 30.3 Å². The molecule has 3 rings (SSSR count). The minimum atomic E-state index is -0.210. The number of nitrogens with one attached hydrogen (secondary N) is 1. The summed E-state index contributed by atoms with van der Waals surface area (Å²) in [6.07, 6.45) is 5.82. The number of hydrogen-bond acceptors (Lipinski definition) is 2. The lowest BCUT2D eigenvalue weighted by molar-refractivity contribution is -0.122. The van der Waals surface area contributed by atoms with Crippen molar-refractivity contribution in [2.75, 3.05) is 0 Å². The topological polar surface area (TPSA) is 55.1 Å². The molecular formula is C18H27ClN2O. The zero-order valence-corrected chi connectivity index (χ0v) is 14.0. The molecule has 22 heavy (non-hydrogen) atoms. The van der Waals surface area contributed by atoms with Gasteiger partial charge in [0.15, 0.2) is 0 Å². The molecule has 0 saturated heterocycles. The average Bonchev–Trinajstić information content (AvgIpc) is 3.10. The lowest BCUT2D eigenvalue weighted by atomic mass is 9.84. The van der Waals surface area contributed by atoms with Crippen LogP contribution in [0.1, 0.15) is 50.6 Å². The highest BCUT2D eigenvalue weighted by Gasteiger charge is 2.42. The quantitative estimate of drug-likeness (QED) is 0.872. The molecule has 3 nitrogen and oxygen atoms in total. The highest BCUT2D eigenvalue weighted by Crippen LogP contribution is 2.49. The van der Waals surface area contributed by atoms with E-state index in [2.05, 4.69) is 12.2 Å². The third kappa shape index (κ3) is 3.82. The van der Waals surface area contributed by atoms with Gasteiger partial charge >= 0.3 is 0 Å². The Morgan fingerprint density at radius 1 is 1.27 bits per heavy atom. The molecule has 2 aliphatic rings. The lowest BCUT2D eigenvalue weighted by Gasteiger charge is -2.28. The summed E-state index contributed by atoms with van der Waals surface area (Å²) < 4.78 is 0. The molecule has 2 fully saturated rings. The molecular weight excluding hydrogens is 296 g/mol. The lowest BCUT2D eigenvalue weighted by Crippen LogP contribution is -2.41. The van der Waals surface area contributed by atoms with Gasteiger partial charge in [-0.3, -0.25) is 4.79 Å². The van der Waals surface area contributed by atoms with Crippen molar-refractivity contribution >= 4 is 18.3 Å². The van der Waals surface area contributed by atoms with E-state index in [1.165, 1.54) is 25.7 Å². The monoisotopic (exact) mass is 322 g/mol. The number of carbonyl (C=O) groups is 1. The second-order valence-corrected chi connectivity index (χ2v) is 6.92. The van der Waals surface area contributed by atoms with Gasteiger partial charge in [0.2, 0.25) is 5.91 Å². The summed E-state index contributed by atoms with van der Waals surface area (Å²) in [5, 5.41) is 3.19. The first-order valence-electron chi connectivity index (χ1n) is 8.23. The molecule has 5 unspecified atom stereocenters. The number of halogens is 1. The van der Waals surface area contributed by atoms with Gasteiger partial charge in [-0.1, -0.05) is 36.8 Å². The van der Waals surface area contributed by atoms with E-state index in [4.69, 9.17) is 5.73 Å². The molecule has 0 aromatic heterocycles. The first-order chi connectivity index (χ1) is 10.1. The van der Waals surface area contributed by atoms with Crippen LogP contribution in [0, 0.1) is 17.8 Å².